The molecular formula is C15H28O4. The van der Waals surface area contributed by atoms with Gasteiger partial charge in [-0.2, -0.15) is 0 Å². The summed E-state index contributed by atoms with van der Waals surface area (Å²) in [6, 6.07) is 0. The minimum Gasteiger partial charge on any atom is -0.481 e. The molecule has 0 radical (unpaired) electrons. The Morgan fingerprint density at radius 3 is 2.00 bits per heavy atom. The first-order chi connectivity index (χ1) is 9.10. The van der Waals surface area contributed by atoms with Crippen molar-refractivity contribution < 1.29 is 19.4 Å². The molecule has 112 valence electrons. The number of carboxylic acids is 1. The molecule has 0 unspecified atom stereocenters. The van der Waals surface area contributed by atoms with Crippen LogP contribution >= 0.6 is 0 Å². The van der Waals surface area contributed by atoms with Crippen molar-refractivity contribution in [2.75, 3.05) is 6.61 Å². The Balaban J connectivity index is 3.36. The lowest BCUT2D eigenvalue weighted by Crippen LogP contribution is -2.12. The van der Waals surface area contributed by atoms with Gasteiger partial charge in [0.2, 0.25) is 0 Å². The lowest BCUT2D eigenvalue weighted by molar-refractivity contribution is -0.145. The molecule has 0 aromatic carbocycles. The SMILES string of the molecule is CCC(CC)COC(=O)CCCCCCCC(=O)O. The molecule has 0 aliphatic heterocycles. The summed E-state index contributed by atoms with van der Waals surface area (Å²) < 4.78 is 5.23. The van der Waals surface area contributed by atoms with Crippen molar-refractivity contribution >= 4 is 11.9 Å². The normalized spacial score (nSPS) is 10.7. The second-order valence-corrected chi connectivity index (χ2v) is 5.03. The summed E-state index contributed by atoms with van der Waals surface area (Å²) in [4.78, 5) is 21.8. The maximum atomic E-state index is 11.5. The summed E-state index contributed by atoms with van der Waals surface area (Å²) >= 11 is 0. The van der Waals surface area contributed by atoms with E-state index in [9.17, 15) is 9.59 Å². The van der Waals surface area contributed by atoms with Crippen LogP contribution in [0.25, 0.3) is 0 Å². The van der Waals surface area contributed by atoms with Crippen LogP contribution in [0.3, 0.4) is 0 Å². The molecule has 0 amide bonds. The van der Waals surface area contributed by atoms with Crippen LogP contribution in [0.2, 0.25) is 0 Å². The topological polar surface area (TPSA) is 63.6 Å². The average Bonchev–Trinajstić information content (AvgIpc) is 2.38. The van der Waals surface area contributed by atoms with Crippen LogP contribution in [-0.4, -0.2) is 23.7 Å². The van der Waals surface area contributed by atoms with Gasteiger partial charge in [0.05, 0.1) is 6.61 Å². The zero-order chi connectivity index (χ0) is 14.5. The highest BCUT2D eigenvalue weighted by atomic mass is 16.5. The summed E-state index contributed by atoms with van der Waals surface area (Å²) in [6.45, 7) is 4.77. The summed E-state index contributed by atoms with van der Waals surface area (Å²) in [5, 5.41) is 8.47. The largest absolute Gasteiger partial charge is 0.481 e. The number of unbranched alkanes of at least 4 members (excludes halogenated alkanes) is 4. The van der Waals surface area contributed by atoms with Gasteiger partial charge in [0.25, 0.3) is 0 Å². The molecule has 0 aromatic rings. The molecule has 0 bridgehead atoms. The zero-order valence-corrected chi connectivity index (χ0v) is 12.3. The molecule has 0 spiro atoms. The molecule has 4 heteroatoms. The van der Waals surface area contributed by atoms with Gasteiger partial charge in [0.15, 0.2) is 0 Å². The highest BCUT2D eigenvalue weighted by Gasteiger charge is 2.08. The fraction of sp³-hybridized carbons (Fsp3) is 0.867. The van der Waals surface area contributed by atoms with Crippen molar-refractivity contribution in [1.29, 1.82) is 0 Å². The standard InChI is InChI=1S/C15H28O4/c1-3-13(4-2)12-19-15(18)11-9-7-5-6-8-10-14(16)17/h13H,3-12H2,1-2H3,(H,16,17). The van der Waals surface area contributed by atoms with Gasteiger partial charge in [-0.15, -0.1) is 0 Å². The summed E-state index contributed by atoms with van der Waals surface area (Å²) in [7, 11) is 0. The van der Waals surface area contributed by atoms with Gasteiger partial charge in [-0.25, -0.2) is 0 Å². The van der Waals surface area contributed by atoms with Gasteiger partial charge in [-0.1, -0.05) is 46.0 Å². The third-order valence-electron chi connectivity index (χ3n) is 3.41. The lowest BCUT2D eigenvalue weighted by Gasteiger charge is -2.12. The number of ether oxygens (including phenoxy) is 1. The Morgan fingerprint density at radius 1 is 0.947 bits per heavy atom. The van der Waals surface area contributed by atoms with Crippen molar-refractivity contribution in [3.63, 3.8) is 0 Å². The van der Waals surface area contributed by atoms with E-state index in [0.717, 1.165) is 44.9 Å². The molecule has 4 nitrogen and oxygen atoms in total. The average molecular weight is 272 g/mol. The Labute approximate surface area is 116 Å². The third-order valence-corrected chi connectivity index (χ3v) is 3.41. The predicted molar refractivity (Wildman–Crippen MR) is 75.0 cm³/mol. The van der Waals surface area contributed by atoms with Gasteiger partial charge < -0.3 is 9.84 Å². The number of hydrogen-bond acceptors (Lipinski definition) is 3. The predicted octanol–water partition coefficient (Wildman–Crippen LogP) is 3.78. The van der Waals surface area contributed by atoms with E-state index in [1.807, 2.05) is 0 Å². The molecule has 0 saturated heterocycles. The highest BCUT2D eigenvalue weighted by molar-refractivity contribution is 5.69. The molecule has 19 heavy (non-hydrogen) atoms. The van der Waals surface area contributed by atoms with Crippen LogP contribution in [0.5, 0.6) is 0 Å². The summed E-state index contributed by atoms with van der Waals surface area (Å²) in [6.07, 6.45) is 7.29. The molecule has 0 aliphatic rings. The monoisotopic (exact) mass is 272 g/mol. The van der Waals surface area contributed by atoms with Crippen molar-refractivity contribution in [1.82, 2.24) is 0 Å². The van der Waals surface area contributed by atoms with Gasteiger partial charge in [-0.05, 0) is 18.8 Å². The quantitative estimate of drug-likeness (QED) is 0.434. The van der Waals surface area contributed by atoms with E-state index in [0.29, 0.717) is 18.9 Å². The van der Waals surface area contributed by atoms with E-state index in [4.69, 9.17) is 9.84 Å². The third kappa shape index (κ3) is 11.7. The second kappa shape index (κ2) is 12.0. The van der Waals surface area contributed by atoms with Gasteiger partial charge in [-0.3, -0.25) is 9.59 Å². The van der Waals surface area contributed by atoms with Crippen LogP contribution in [0.4, 0.5) is 0 Å². The molecule has 0 saturated carbocycles. The highest BCUT2D eigenvalue weighted by Crippen LogP contribution is 2.10. The number of carbonyl (C=O) groups excluding carboxylic acids is 1. The summed E-state index contributed by atoms with van der Waals surface area (Å²) in [5.74, 6) is -0.345. The zero-order valence-electron chi connectivity index (χ0n) is 12.3. The first kappa shape index (κ1) is 17.9. The van der Waals surface area contributed by atoms with E-state index in [2.05, 4.69) is 13.8 Å². The van der Waals surface area contributed by atoms with Gasteiger partial charge >= 0.3 is 11.9 Å². The number of carbonyl (C=O) groups is 2. The molecule has 1 N–H and O–H groups in total. The minimum atomic E-state index is -0.731. The molecule has 0 heterocycles. The van der Waals surface area contributed by atoms with E-state index < -0.39 is 5.97 Å². The fourth-order valence-electron chi connectivity index (χ4n) is 1.88. The van der Waals surface area contributed by atoms with Crippen LogP contribution in [0.1, 0.15) is 71.6 Å². The summed E-state index contributed by atoms with van der Waals surface area (Å²) in [5.41, 5.74) is 0. The number of esters is 1. The molecular weight excluding hydrogens is 244 g/mol. The van der Waals surface area contributed by atoms with Crippen LogP contribution in [0, 0.1) is 5.92 Å². The van der Waals surface area contributed by atoms with E-state index >= 15 is 0 Å². The van der Waals surface area contributed by atoms with Crippen LogP contribution < -0.4 is 0 Å². The number of rotatable bonds is 12. The maximum absolute atomic E-state index is 11.5. The molecule has 0 rings (SSSR count). The number of hydrogen-bond donors (Lipinski definition) is 1. The molecule has 0 aromatic heterocycles. The number of carboxylic acid groups (broad SMARTS) is 1. The van der Waals surface area contributed by atoms with Crippen molar-refractivity contribution in [3.8, 4) is 0 Å². The van der Waals surface area contributed by atoms with Gasteiger partial charge in [0.1, 0.15) is 0 Å². The van der Waals surface area contributed by atoms with E-state index in [-0.39, 0.29) is 12.4 Å². The maximum Gasteiger partial charge on any atom is 0.305 e. The van der Waals surface area contributed by atoms with Crippen molar-refractivity contribution in [2.24, 2.45) is 5.92 Å². The number of aliphatic carboxylic acids is 1. The minimum absolute atomic E-state index is 0.0996. The fourth-order valence-corrected chi connectivity index (χ4v) is 1.88. The Bertz CT molecular complexity index is 247. The Kier molecular flexibility index (Phi) is 11.3. The molecule has 0 fully saturated rings. The molecule has 0 aliphatic carbocycles. The second-order valence-electron chi connectivity index (χ2n) is 5.03. The van der Waals surface area contributed by atoms with Crippen molar-refractivity contribution in [3.05, 3.63) is 0 Å². The molecule has 0 atom stereocenters. The van der Waals surface area contributed by atoms with Crippen LogP contribution in [-0.2, 0) is 14.3 Å². The van der Waals surface area contributed by atoms with Crippen molar-refractivity contribution in [2.45, 2.75) is 71.6 Å². The first-order valence-corrected chi connectivity index (χ1v) is 7.47. The lowest BCUT2D eigenvalue weighted by atomic mass is 10.1. The van der Waals surface area contributed by atoms with E-state index in [1.54, 1.807) is 0 Å². The van der Waals surface area contributed by atoms with Crippen LogP contribution in [0.15, 0.2) is 0 Å². The van der Waals surface area contributed by atoms with E-state index in [1.165, 1.54) is 0 Å². The first-order valence-electron chi connectivity index (χ1n) is 7.47. The smallest absolute Gasteiger partial charge is 0.305 e. The van der Waals surface area contributed by atoms with Gasteiger partial charge in [0, 0.05) is 12.8 Å². The Hall–Kier alpha value is -1.06. The Morgan fingerprint density at radius 2 is 1.47 bits per heavy atom.